The summed E-state index contributed by atoms with van der Waals surface area (Å²) in [7, 11) is -3.80. The summed E-state index contributed by atoms with van der Waals surface area (Å²) < 4.78 is 26.2. The lowest BCUT2D eigenvalue weighted by atomic mass is 10.1. The highest BCUT2D eigenvalue weighted by molar-refractivity contribution is 9.10. The second-order valence-corrected chi connectivity index (χ2v) is 6.03. The topological polar surface area (TPSA) is 83.5 Å². The standard InChI is InChI=1S/C11H10BrNO4S/c1-3-4-13-18(16,17)8-5-9(11(14)15)7(2)10(12)6-8/h1,5-6,13H,4H2,2H3,(H,14,15). The second-order valence-electron chi connectivity index (χ2n) is 3.41. The third-order valence-electron chi connectivity index (χ3n) is 2.22. The van der Waals surface area contributed by atoms with Gasteiger partial charge in [-0.2, -0.15) is 4.72 Å². The van der Waals surface area contributed by atoms with E-state index in [4.69, 9.17) is 11.5 Å². The molecule has 0 saturated carbocycles. The Labute approximate surface area is 113 Å². The first-order valence-electron chi connectivity index (χ1n) is 4.76. The predicted octanol–water partition coefficient (Wildman–Crippen LogP) is 1.37. The van der Waals surface area contributed by atoms with Gasteiger partial charge in [0.25, 0.3) is 0 Å². The van der Waals surface area contributed by atoms with Crippen LogP contribution in [0.2, 0.25) is 0 Å². The molecule has 7 heteroatoms. The average Bonchev–Trinajstić information content (AvgIpc) is 2.29. The van der Waals surface area contributed by atoms with E-state index < -0.39 is 16.0 Å². The Kier molecular flexibility index (Phi) is 4.51. The summed E-state index contributed by atoms with van der Waals surface area (Å²) in [5.41, 5.74) is 0.379. The number of carbonyl (C=O) groups is 1. The minimum absolute atomic E-state index is 0.0783. The molecular weight excluding hydrogens is 322 g/mol. The molecule has 0 atom stereocenters. The van der Waals surface area contributed by atoms with Gasteiger partial charge in [0.15, 0.2) is 0 Å². The first-order valence-corrected chi connectivity index (χ1v) is 7.03. The number of carboxylic acids is 1. The van der Waals surface area contributed by atoms with E-state index in [1.165, 1.54) is 6.07 Å². The van der Waals surface area contributed by atoms with Gasteiger partial charge in [0, 0.05) is 4.47 Å². The van der Waals surface area contributed by atoms with Crippen LogP contribution in [0.4, 0.5) is 0 Å². The summed E-state index contributed by atoms with van der Waals surface area (Å²) in [5, 5.41) is 8.99. The molecule has 0 unspecified atom stereocenters. The Balaban J connectivity index is 3.36. The van der Waals surface area contributed by atoms with Gasteiger partial charge in [-0.15, -0.1) is 6.42 Å². The number of terminal acetylenes is 1. The molecule has 0 aromatic heterocycles. The van der Waals surface area contributed by atoms with Gasteiger partial charge in [0.1, 0.15) is 0 Å². The molecule has 0 aliphatic carbocycles. The Morgan fingerprint density at radius 3 is 2.67 bits per heavy atom. The van der Waals surface area contributed by atoms with Crippen molar-refractivity contribution in [2.45, 2.75) is 11.8 Å². The molecule has 0 amide bonds. The van der Waals surface area contributed by atoms with E-state index in [-0.39, 0.29) is 17.0 Å². The van der Waals surface area contributed by atoms with E-state index in [0.29, 0.717) is 10.0 Å². The molecule has 18 heavy (non-hydrogen) atoms. The van der Waals surface area contributed by atoms with Crippen LogP contribution in [0.15, 0.2) is 21.5 Å². The first-order chi connectivity index (χ1) is 8.29. The molecule has 1 aromatic rings. The van der Waals surface area contributed by atoms with Crippen LogP contribution < -0.4 is 4.72 Å². The van der Waals surface area contributed by atoms with Gasteiger partial charge in [-0.05, 0) is 24.6 Å². The van der Waals surface area contributed by atoms with E-state index in [1.54, 1.807) is 6.92 Å². The molecule has 96 valence electrons. The highest BCUT2D eigenvalue weighted by atomic mass is 79.9. The maximum Gasteiger partial charge on any atom is 0.336 e. The third-order valence-corrected chi connectivity index (χ3v) is 4.43. The monoisotopic (exact) mass is 331 g/mol. The summed E-state index contributed by atoms with van der Waals surface area (Å²) in [6, 6.07) is 2.43. The van der Waals surface area contributed by atoms with Crippen LogP contribution in [0.5, 0.6) is 0 Å². The van der Waals surface area contributed by atoms with Crippen molar-refractivity contribution in [3.05, 3.63) is 27.7 Å². The molecule has 0 radical (unpaired) electrons. The van der Waals surface area contributed by atoms with Crippen molar-refractivity contribution in [1.29, 1.82) is 0 Å². The van der Waals surface area contributed by atoms with E-state index >= 15 is 0 Å². The Hall–Kier alpha value is -1.36. The zero-order valence-electron chi connectivity index (χ0n) is 9.40. The number of aromatic carboxylic acids is 1. The van der Waals surface area contributed by atoms with Crippen molar-refractivity contribution in [2.75, 3.05) is 6.54 Å². The third kappa shape index (κ3) is 3.10. The number of halogens is 1. The fraction of sp³-hybridized carbons (Fsp3) is 0.182. The van der Waals surface area contributed by atoms with Crippen molar-refractivity contribution >= 4 is 31.9 Å². The minimum Gasteiger partial charge on any atom is -0.478 e. The Bertz CT molecular complexity index is 631. The number of rotatable bonds is 4. The lowest BCUT2D eigenvalue weighted by molar-refractivity contribution is 0.0695. The molecule has 0 spiro atoms. The molecule has 0 heterocycles. The molecule has 1 rings (SSSR count). The largest absolute Gasteiger partial charge is 0.478 e. The predicted molar refractivity (Wildman–Crippen MR) is 69.9 cm³/mol. The zero-order valence-corrected chi connectivity index (χ0v) is 11.8. The van der Waals surface area contributed by atoms with E-state index in [1.807, 2.05) is 0 Å². The maximum atomic E-state index is 11.8. The van der Waals surface area contributed by atoms with E-state index in [9.17, 15) is 13.2 Å². The van der Waals surface area contributed by atoms with Crippen LogP contribution in [-0.2, 0) is 10.0 Å². The van der Waals surface area contributed by atoms with Crippen molar-refractivity contribution in [3.63, 3.8) is 0 Å². The minimum atomic E-state index is -3.80. The van der Waals surface area contributed by atoms with Gasteiger partial charge in [-0.25, -0.2) is 13.2 Å². The van der Waals surface area contributed by atoms with E-state index in [0.717, 1.165) is 6.07 Å². The zero-order chi connectivity index (χ0) is 13.9. The lowest BCUT2D eigenvalue weighted by Gasteiger charge is -2.09. The molecular formula is C11H10BrNO4S. The van der Waals surface area contributed by atoms with Gasteiger partial charge in [-0.1, -0.05) is 21.9 Å². The number of sulfonamides is 1. The summed E-state index contributed by atoms with van der Waals surface area (Å²) in [6.45, 7) is 1.43. The summed E-state index contributed by atoms with van der Waals surface area (Å²) in [6.07, 6.45) is 4.97. The Morgan fingerprint density at radius 1 is 1.56 bits per heavy atom. The van der Waals surface area contributed by atoms with Crippen LogP contribution >= 0.6 is 15.9 Å². The summed E-state index contributed by atoms with van der Waals surface area (Å²) in [4.78, 5) is 10.9. The summed E-state index contributed by atoms with van der Waals surface area (Å²) >= 11 is 3.13. The first kappa shape index (κ1) is 14.7. The molecule has 2 N–H and O–H groups in total. The molecule has 0 aliphatic heterocycles. The second kappa shape index (κ2) is 5.52. The fourth-order valence-corrected chi connectivity index (χ4v) is 2.85. The highest BCUT2D eigenvalue weighted by Crippen LogP contribution is 2.24. The number of hydrogen-bond donors (Lipinski definition) is 2. The van der Waals surface area contributed by atoms with Gasteiger partial charge >= 0.3 is 5.97 Å². The van der Waals surface area contributed by atoms with Crippen LogP contribution in [0.3, 0.4) is 0 Å². The SMILES string of the molecule is C#CCNS(=O)(=O)c1cc(Br)c(C)c(C(=O)O)c1. The van der Waals surface area contributed by atoms with Gasteiger partial charge in [-0.3, -0.25) is 0 Å². The molecule has 0 aliphatic rings. The average molecular weight is 332 g/mol. The lowest BCUT2D eigenvalue weighted by Crippen LogP contribution is -2.24. The van der Waals surface area contributed by atoms with Gasteiger partial charge in [0.05, 0.1) is 17.0 Å². The van der Waals surface area contributed by atoms with Gasteiger partial charge < -0.3 is 5.11 Å². The highest BCUT2D eigenvalue weighted by Gasteiger charge is 2.19. The smallest absolute Gasteiger partial charge is 0.336 e. The quantitative estimate of drug-likeness (QED) is 0.816. The van der Waals surface area contributed by atoms with Gasteiger partial charge in [0.2, 0.25) is 10.0 Å². The summed E-state index contributed by atoms with van der Waals surface area (Å²) in [5.74, 6) is 0.946. The van der Waals surface area contributed by atoms with Crippen molar-refractivity contribution < 1.29 is 18.3 Å². The van der Waals surface area contributed by atoms with Crippen molar-refractivity contribution in [1.82, 2.24) is 4.72 Å². The molecule has 0 fully saturated rings. The number of carboxylic acid groups (broad SMARTS) is 1. The van der Waals surface area contributed by atoms with Crippen molar-refractivity contribution in [3.8, 4) is 12.3 Å². The van der Waals surface area contributed by atoms with Crippen LogP contribution in [0.1, 0.15) is 15.9 Å². The fourth-order valence-electron chi connectivity index (χ4n) is 1.25. The van der Waals surface area contributed by atoms with E-state index in [2.05, 4.69) is 26.6 Å². The number of hydrogen-bond acceptors (Lipinski definition) is 3. The Morgan fingerprint density at radius 2 is 2.17 bits per heavy atom. The molecule has 0 bridgehead atoms. The van der Waals surface area contributed by atoms with Crippen molar-refractivity contribution in [2.24, 2.45) is 0 Å². The normalized spacial score (nSPS) is 10.9. The van der Waals surface area contributed by atoms with Crippen LogP contribution in [0.25, 0.3) is 0 Å². The van der Waals surface area contributed by atoms with Crippen LogP contribution in [-0.4, -0.2) is 26.0 Å². The van der Waals surface area contributed by atoms with Crippen LogP contribution in [0, 0.1) is 19.3 Å². The number of benzene rings is 1. The number of nitrogens with one attached hydrogen (secondary N) is 1. The maximum absolute atomic E-state index is 11.8. The molecule has 5 nitrogen and oxygen atoms in total. The molecule has 0 saturated heterocycles. The molecule has 1 aromatic carbocycles.